The summed E-state index contributed by atoms with van der Waals surface area (Å²) < 4.78 is 0. The number of nitrogens with two attached hydrogens (primary N) is 1. The Morgan fingerprint density at radius 3 is 2.67 bits per heavy atom. The molecule has 1 rings (SSSR count). The van der Waals surface area contributed by atoms with Crippen molar-refractivity contribution in [1.82, 2.24) is 0 Å². The number of nitrogen functional groups attached to an aromatic ring is 1. The molecule has 0 saturated heterocycles. The minimum atomic E-state index is -1.22. The fraction of sp³-hybridized carbons (Fsp3) is 0. The maximum atomic E-state index is 10.5. The molecule has 0 saturated carbocycles. The van der Waals surface area contributed by atoms with Crippen LogP contribution in [0.3, 0.4) is 0 Å². The van der Waals surface area contributed by atoms with E-state index >= 15 is 0 Å². The summed E-state index contributed by atoms with van der Waals surface area (Å²) in [5.41, 5.74) is 6.70. The molecule has 4 N–H and O–H groups in total. The first-order valence-electron chi connectivity index (χ1n) is 3.16. The molecule has 0 aliphatic carbocycles. The number of anilines is 2. The number of benzene rings is 1. The normalized spacial score (nSPS) is 9.42. The second kappa shape index (κ2) is 3.10. The SMILES string of the molecule is Nc1cccc(N[O-])c1C(=O)O. The third-order valence-corrected chi connectivity index (χ3v) is 1.42. The van der Waals surface area contributed by atoms with Gasteiger partial charge in [0.1, 0.15) is 5.56 Å². The van der Waals surface area contributed by atoms with Gasteiger partial charge in [-0.05, 0) is 12.1 Å². The molecule has 64 valence electrons. The van der Waals surface area contributed by atoms with Crippen molar-refractivity contribution in [2.24, 2.45) is 0 Å². The Balaban J connectivity index is 3.29. The maximum Gasteiger partial charge on any atom is 0.339 e. The molecule has 0 unspecified atom stereocenters. The number of hydrogen-bond acceptors (Lipinski definition) is 4. The number of carbonyl (C=O) groups is 1. The van der Waals surface area contributed by atoms with Gasteiger partial charge in [-0.3, -0.25) is 0 Å². The molecule has 12 heavy (non-hydrogen) atoms. The van der Waals surface area contributed by atoms with E-state index in [0.717, 1.165) is 0 Å². The van der Waals surface area contributed by atoms with E-state index in [2.05, 4.69) is 0 Å². The minimum Gasteiger partial charge on any atom is -0.761 e. The van der Waals surface area contributed by atoms with E-state index in [1.165, 1.54) is 23.7 Å². The Morgan fingerprint density at radius 1 is 1.58 bits per heavy atom. The zero-order chi connectivity index (χ0) is 9.14. The second-order valence-corrected chi connectivity index (χ2v) is 2.18. The average molecular weight is 167 g/mol. The number of rotatable bonds is 2. The second-order valence-electron chi connectivity index (χ2n) is 2.18. The highest BCUT2D eigenvalue weighted by Crippen LogP contribution is 2.21. The Bertz CT molecular complexity index is 312. The lowest BCUT2D eigenvalue weighted by atomic mass is 10.1. The maximum absolute atomic E-state index is 10.5. The van der Waals surface area contributed by atoms with E-state index in [4.69, 9.17) is 10.8 Å². The van der Waals surface area contributed by atoms with Gasteiger partial charge in [-0.15, -0.1) is 0 Å². The van der Waals surface area contributed by atoms with Crippen LogP contribution in [0, 0.1) is 5.21 Å². The Hall–Kier alpha value is -1.75. The third-order valence-electron chi connectivity index (χ3n) is 1.42. The third kappa shape index (κ3) is 1.30. The van der Waals surface area contributed by atoms with Crippen molar-refractivity contribution in [3.63, 3.8) is 0 Å². The van der Waals surface area contributed by atoms with Gasteiger partial charge in [0.05, 0.1) is 0 Å². The standard InChI is InChI=1S/C7H7N2O3/c8-4-2-1-3-5(9-12)6(4)7(10)11/h1-3,9H,8H2,(H,10,11)/q-1. The Morgan fingerprint density at radius 2 is 2.25 bits per heavy atom. The van der Waals surface area contributed by atoms with Crippen LogP contribution in [0.25, 0.3) is 0 Å². The first-order chi connectivity index (χ1) is 5.66. The summed E-state index contributed by atoms with van der Waals surface area (Å²) in [6.45, 7) is 0. The molecular weight excluding hydrogens is 160 g/mol. The molecule has 0 spiro atoms. The quantitative estimate of drug-likeness (QED) is 0.448. The number of carboxylic acids is 1. The predicted octanol–water partition coefficient (Wildman–Crippen LogP) is 0.877. The number of nitrogens with one attached hydrogen (secondary N) is 1. The number of aromatic carboxylic acids is 1. The molecule has 0 aliphatic rings. The monoisotopic (exact) mass is 167 g/mol. The van der Waals surface area contributed by atoms with Crippen LogP contribution >= 0.6 is 0 Å². The number of carboxylic acid groups (broad SMARTS) is 1. The molecule has 1 aromatic carbocycles. The van der Waals surface area contributed by atoms with Crippen LogP contribution in [0.5, 0.6) is 0 Å². The molecule has 5 heteroatoms. The molecule has 0 aliphatic heterocycles. The Kier molecular flexibility index (Phi) is 2.16. The van der Waals surface area contributed by atoms with Crippen LogP contribution in [0.4, 0.5) is 11.4 Å². The summed E-state index contributed by atoms with van der Waals surface area (Å²) in [4.78, 5) is 10.5. The van der Waals surface area contributed by atoms with E-state index in [0.29, 0.717) is 0 Å². The molecule has 0 aromatic heterocycles. The van der Waals surface area contributed by atoms with Crippen molar-refractivity contribution >= 4 is 17.3 Å². The van der Waals surface area contributed by atoms with Crippen molar-refractivity contribution in [2.75, 3.05) is 11.2 Å². The van der Waals surface area contributed by atoms with Crippen molar-refractivity contribution in [3.8, 4) is 0 Å². The highest BCUT2D eigenvalue weighted by Gasteiger charge is 2.10. The van der Waals surface area contributed by atoms with Gasteiger partial charge in [-0.2, -0.15) is 0 Å². The van der Waals surface area contributed by atoms with Crippen LogP contribution in [-0.4, -0.2) is 11.1 Å². The van der Waals surface area contributed by atoms with E-state index < -0.39 is 5.97 Å². The van der Waals surface area contributed by atoms with Crippen molar-refractivity contribution in [3.05, 3.63) is 29.0 Å². The molecule has 1 aromatic rings. The largest absolute Gasteiger partial charge is 0.761 e. The highest BCUT2D eigenvalue weighted by atomic mass is 16.5. The predicted molar refractivity (Wildman–Crippen MR) is 44.8 cm³/mol. The van der Waals surface area contributed by atoms with Gasteiger partial charge in [-0.25, -0.2) is 4.79 Å². The molecule has 5 nitrogen and oxygen atoms in total. The zero-order valence-electron chi connectivity index (χ0n) is 6.07. The van der Waals surface area contributed by atoms with Gasteiger partial charge in [0, 0.05) is 11.4 Å². The van der Waals surface area contributed by atoms with Gasteiger partial charge in [0.2, 0.25) is 0 Å². The van der Waals surface area contributed by atoms with Gasteiger partial charge in [0.15, 0.2) is 0 Å². The molecule has 0 amide bonds. The van der Waals surface area contributed by atoms with Gasteiger partial charge in [0.25, 0.3) is 0 Å². The molecule has 0 radical (unpaired) electrons. The van der Waals surface area contributed by atoms with Crippen LogP contribution in [0.1, 0.15) is 10.4 Å². The van der Waals surface area contributed by atoms with E-state index in [1.807, 2.05) is 0 Å². The summed E-state index contributed by atoms with van der Waals surface area (Å²) in [5.74, 6) is -1.22. The molecule has 0 atom stereocenters. The van der Waals surface area contributed by atoms with Crippen molar-refractivity contribution < 1.29 is 9.90 Å². The number of hydrogen-bond donors (Lipinski definition) is 3. The lowest BCUT2D eigenvalue weighted by molar-refractivity contribution is 0.0699. The summed E-state index contributed by atoms with van der Waals surface area (Å²) in [6, 6.07) is 4.28. The highest BCUT2D eigenvalue weighted by molar-refractivity contribution is 5.99. The first kappa shape index (κ1) is 8.35. The van der Waals surface area contributed by atoms with Gasteiger partial charge < -0.3 is 21.5 Å². The van der Waals surface area contributed by atoms with E-state index in [-0.39, 0.29) is 16.9 Å². The molecule has 0 heterocycles. The zero-order valence-corrected chi connectivity index (χ0v) is 6.07. The Labute approximate surface area is 68.4 Å². The average Bonchev–Trinajstić information content (AvgIpc) is 2.03. The van der Waals surface area contributed by atoms with Gasteiger partial charge in [-0.1, -0.05) is 6.07 Å². The van der Waals surface area contributed by atoms with E-state index in [9.17, 15) is 10.0 Å². The fourth-order valence-corrected chi connectivity index (χ4v) is 0.894. The molecule has 0 fully saturated rings. The minimum absolute atomic E-state index is 0.0255. The molecule has 0 bridgehead atoms. The smallest absolute Gasteiger partial charge is 0.339 e. The summed E-state index contributed by atoms with van der Waals surface area (Å²) in [5, 5.41) is 18.9. The van der Waals surface area contributed by atoms with Gasteiger partial charge >= 0.3 is 5.97 Å². The summed E-state index contributed by atoms with van der Waals surface area (Å²) in [7, 11) is 0. The lowest BCUT2D eigenvalue weighted by Gasteiger charge is -2.13. The van der Waals surface area contributed by atoms with Crippen LogP contribution in [0.2, 0.25) is 0 Å². The van der Waals surface area contributed by atoms with Crippen LogP contribution < -0.4 is 11.2 Å². The van der Waals surface area contributed by atoms with Crippen molar-refractivity contribution in [2.45, 2.75) is 0 Å². The first-order valence-corrected chi connectivity index (χ1v) is 3.16. The van der Waals surface area contributed by atoms with Crippen molar-refractivity contribution in [1.29, 1.82) is 0 Å². The summed E-state index contributed by atoms with van der Waals surface area (Å²) >= 11 is 0. The van der Waals surface area contributed by atoms with E-state index in [1.54, 1.807) is 0 Å². The topological polar surface area (TPSA) is 98.4 Å². The molecular formula is C7H7N2O3-. The fourth-order valence-electron chi connectivity index (χ4n) is 0.894. The van der Waals surface area contributed by atoms with Crippen LogP contribution in [-0.2, 0) is 0 Å². The summed E-state index contributed by atoms with van der Waals surface area (Å²) in [6.07, 6.45) is 0. The lowest BCUT2D eigenvalue weighted by Crippen LogP contribution is -2.05. The van der Waals surface area contributed by atoms with Crippen LogP contribution in [0.15, 0.2) is 18.2 Å².